The summed E-state index contributed by atoms with van der Waals surface area (Å²) < 4.78 is 0. The molecule has 5 heterocycles. The van der Waals surface area contributed by atoms with Crippen molar-refractivity contribution in [3.05, 3.63) is 96.0 Å². The Balaban J connectivity index is 0.00000278. The van der Waals surface area contributed by atoms with Crippen LogP contribution in [0.4, 0.5) is 5.69 Å². The SMILES string of the molecule is N#[N+]c1cccc2c3nc4nc(nc5[nH]c(nc6nc(nc([nH]3)c12)-c1ccccc1-6)c1ccccc51)-c1ccccc1-4.[Zn]. The van der Waals surface area contributed by atoms with E-state index in [4.69, 9.17) is 29.9 Å². The summed E-state index contributed by atoms with van der Waals surface area (Å²) in [7, 11) is 0. The number of aromatic amines is 2. The first-order chi connectivity index (χ1) is 20.7. The van der Waals surface area contributed by atoms with Crippen molar-refractivity contribution in [2.24, 2.45) is 0 Å². The van der Waals surface area contributed by atoms with Crippen molar-refractivity contribution in [2.75, 3.05) is 0 Å². The van der Waals surface area contributed by atoms with E-state index >= 15 is 0 Å². The maximum Gasteiger partial charge on any atom is 0.396 e. The maximum atomic E-state index is 9.87. The van der Waals surface area contributed by atoms with Crippen LogP contribution in [0.25, 0.3) is 94.7 Å². The van der Waals surface area contributed by atoms with Crippen molar-refractivity contribution in [1.82, 2.24) is 39.9 Å². The van der Waals surface area contributed by atoms with Gasteiger partial charge in [0.1, 0.15) is 28.0 Å². The number of nitrogens with one attached hydrogen (secondary N) is 2. The standard InChI is InChI=1S/C32H16N10.Zn/c33-42-23-15-7-14-22-24(23)32-40-30-21-13-6-5-12-20(21)28(38-30)36-26-17-9-2-1-8-16(17)25(34-26)35-27-18-10-3-4-11-19(18)29(37-27)39-31(22)41-32;/h1-15,33H;/p+1. The number of fused-ring (bicyclic) bond motifs is 20. The predicted octanol–water partition coefficient (Wildman–Crippen LogP) is 7.35. The van der Waals surface area contributed by atoms with Crippen LogP contribution in [-0.4, -0.2) is 39.9 Å². The van der Waals surface area contributed by atoms with Gasteiger partial charge in [0.05, 0.1) is 0 Å². The quantitative estimate of drug-likeness (QED) is 0.136. The second-order valence-corrected chi connectivity index (χ2v) is 10.0. The zero-order valence-corrected chi connectivity index (χ0v) is 25.4. The van der Waals surface area contributed by atoms with Crippen LogP contribution in [-0.2, 0) is 19.5 Å². The minimum Gasteiger partial charge on any atom is -0.324 e. The van der Waals surface area contributed by atoms with E-state index in [1.807, 2.05) is 84.9 Å². The fourth-order valence-electron chi connectivity index (χ4n) is 5.76. The molecule has 43 heavy (non-hydrogen) atoms. The van der Waals surface area contributed by atoms with Crippen LogP contribution in [0, 0.1) is 5.39 Å². The van der Waals surface area contributed by atoms with Gasteiger partial charge >= 0.3 is 5.69 Å². The van der Waals surface area contributed by atoms with Crippen LogP contribution in [0.3, 0.4) is 0 Å². The van der Waals surface area contributed by atoms with Crippen LogP contribution in [0.2, 0.25) is 0 Å². The molecule has 8 bridgehead atoms. The van der Waals surface area contributed by atoms with E-state index in [9.17, 15) is 5.39 Å². The maximum absolute atomic E-state index is 9.87. The van der Waals surface area contributed by atoms with Gasteiger partial charge in [-0.15, -0.1) is 0 Å². The van der Waals surface area contributed by atoms with Crippen molar-refractivity contribution in [3.63, 3.8) is 0 Å². The molecular weight excluding hydrogens is 590 g/mol. The third-order valence-corrected chi connectivity index (χ3v) is 7.67. The van der Waals surface area contributed by atoms with Gasteiger partial charge < -0.3 is 9.97 Å². The largest absolute Gasteiger partial charge is 0.396 e. The monoisotopic (exact) mass is 605 g/mol. The van der Waals surface area contributed by atoms with Crippen LogP contribution >= 0.6 is 0 Å². The van der Waals surface area contributed by atoms with Crippen LogP contribution in [0.1, 0.15) is 0 Å². The van der Waals surface area contributed by atoms with Gasteiger partial charge in [-0.2, -0.15) is 0 Å². The molecule has 4 aromatic carbocycles. The van der Waals surface area contributed by atoms with Crippen molar-refractivity contribution in [2.45, 2.75) is 0 Å². The van der Waals surface area contributed by atoms with Crippen molar-refractivity contribution in [1.29, 1.82) is 5.39 Å². The molecule has 0 spiro atoms. The predicted molar refractivity (Wildman–Crippen MR) is 161 cm³/mol. The van der Waals surface area contributed by atoms with Gasteiger partial charge in [-0.3, -0.25) is 0 Å². The zero-order chi connectivity index (χ0) is 27.8. The summed E-state index contributed by atoms with van der Waals surface area (Å²) >= 11 is 0. The number of aromatic nitrogens is 8. The second kappa shape index (κ2) is 9.41. The summed E-state index contributed by atoms with van der Waals surface area (Å²) in [4.78, 5) is 40.0. The summed E-state index contributed by atoms with van der Waals surface area (Å²) in [6.07, 6.45) is 0. The number of diazo groups is 1. The first-order valence-electron chi connectivity index (χ1n) is 13.3. The third kappa shape index (κ3) is 3.71. The zero-order valence-electron chi connectivity index (χ0n) is 22.4. The molecular formula is C32H17N10Zn+. The first kappa shape index (κ1) is 25.0. The summed E-state index contributed by atoms with van der Waals surface area (Å²) in [6.45, 7) is 0. The van der Waals surface area contributed by atoms with E-state index in [0.29, 0.717) is 57.0 Å². The Hall–Kier alpha value is -5.72. The Morgan fingerprint density at radius 3 is 1.33 bits per heavy atom. The van der Waals surface area contributed by atoms with Gasteiger partial charge in [0.25, 0.3) is 0 Å². The normalized spacial score (nSPS) is 11.5. The molecule has 0 atom stereocenters. The molecule has 2 N–H and O–H groups in total. The molecule has 9 rings (SSSR count). The Labute approximate surface area is 255 Å². The second-order valence-electron chi connectivity index (χ2n) is 10.0. The molecule has 196 valence electrons. The van der Waals surface area contributed by atoms with Crippen molar-refractivity contribution in [3.8, 4) is 45.6 Å². The number of nitrogens with zero attached hydrogens (tertiary/aromatic N) is 8. The number of rotatable bonds is 0. The Morgan fingerprint density at radius 2 is 0.837 bits per heavy atom. The molecule has 11 heteroatoms. The van der Waals surface area contributed by atoms with E-state index in [1.165, 1.54) is 0 Å². The Kier molecular flexibility index (Phi) is 5.48. The number of benzene rings is 4. The number of hydrogen-bond donors (Lipinski definition) is 2. The van der Waals surface area contributed by atoms with E-state index in [1.54, 1.807) is 6.07 Å². The first-order valence-corrected chi connectivity index (χ1v) is 13.3. The minimum absolute atomic E-state index is 0. The molecule has 10 nitrogen and oxygen atoms in total. The van der Waals surface area contributed by atoms with Crippen LogP contribution < -0.4 is 0 Å². The van der Waals surface area contributed by atoms with Gasteiger partial charge in [-0.05, 0) is 6.07 Å². The topological polar surface area (TPSA) is 137 Å². The van der Waals surface area contributed by atoms with Gasteiger partial charge in [-0.1, -0.05) is 78.9 Å². The van der Waals surface area contributed by atoms with Gasteiger partial charge in [0, 0.05) is 64.0 Å². The summed E-state index contributed by atoms with van der Waals surface area (Å²) in [5.41, 5.74) is 6.08. The van der Waals surface area contributed by atoms with Crippen LogP contribution in [0.5, 0.6) is 0 Å². The Morgan fingerprint density at radius 1 is 0.442 bits per heavy atom. The summed E-state index contributed by atoms with van der Waals surface area (Å²) in [6, 6.07) is 29.2. The van der Waals surface area contributed by atoms with Crippen LogP contribution in [0.15, 0.2) is 91.0 Å². The fourth-order valence-corrected chi connectivity index (χ4v) is 5.76. The third-order valence-electron chi connectivity index (χ3n) is 7.67. The summed E-state index contributed by atoms with van der Waals surface area (Å²) in [5.74, 6) is 2.07. The number of H-pyrrole nitrogens is 2. The van der Waals surface area contributed by atoms with Crippen molar-refractivity contribution >= 4 is 49.8 Å². The molecule has 0 saturated carbocycles. The van der Waals surface area contributed by atoms with E-state index < -0.39 is 0 Å². The molecule has 2 aliphatic rings. The fraction of sp³-hybridized carbons (Fsp3) is 0. The molecule has 2 aliphatic heterocycles. The molecule has 0 unspecified atom stereocenters. The van der Waals surface area contributed by atoms with E-state index in [2.05, 4.69) is 14.9 Å². The molecule has 3 aromatic heterocycles. The molecule has 0 amide bonds. The molecule has 0 saturated heterocycles. The van der Waals surface area contributed by atoms with Gasteiger partial charge in [0.2, 0.25) is 5.39 Å². The number of hydrogen-bond acceptors (Lipinski definition) is 7. The van der Waals surface area contributed by atoms with E-state index in [-0.39, 0.29) is 19.5 Å². The minimum atomic E-state index is 0. The smallest absolute Gasteiger partial charge is 0.324 e. The molecule has 0 aliphatic carbocycles. The Bertz CT molecular complexity index is 2500. The average Bonchev–Trinajstić information content (AvgIpc) is 3.76. The molecule has 7 aromatic rings. The van der Waals surface area contributed by atoms with Gasteiger partial charge in [-0.25, -0.2) is 29.9 Å². The van der Waals surface area contributed by atoms with E-state index in [0.717, 1.165) is 38.4 Å². The van der Waals surface area contributed by atoms with Crippen molar-refractivity contribution < 1.29 is 19.5 Å². The molecule has 0 fully saturated rings. The summed E-state index contributed by atoms with van der Waals surface area (Å²) in [5, 5.41) is 13.1. The van der Waals surface area contributed by atoms with Gasteiger partial charge in [0.15, 0.2) is 28.3 Å². The molecule has 0 radical (unpaired) electrons. The average molecular weight is 607 g/mol.